The second-order valence-corrected chi connectivity index (χ2v) is 5.93. The lowest BCUT2D eigenvalue weighted by Gasteiger charge is -2.15. The molecule has 1 aromatic rings. The van der Waals surface area contributed by atoms with Crippen molar-refractivity contribution in [1.29, 1.82) is 0 Å². The van der Waals surface area contributed by atoms with E-state index in [2.05, 4.69) is 28.2 Å². The fraction of sp³-hybridized carbons (Fsp3) is 0.600. The molecule has 0 aliphatic rings. The molecule has 2 nitrogen and oxygen atoms in total. The Bertz CT molecular complexity index is 325. The van der Waals surface area contributed by atoms with E-state index in [-0.39, 0.29) is 0 Å². The third kappa shape index (κ3) is 7.81. The molecule has 0 saturated carbocycles. The van der Waals surface area contributed by atoms with Crippen molar-refractivity contribution in [1.82, 2.24) is 5.32 Å². The molecule has 0 amide bonds. The van der Waals surface area contributed by atoms with Gasteiger partial charge in [-0.3, -0.25) is 0 Å². The third-order valence-electron chi connectivity index (χ3n) is 3.01. The molecule has 1 N–H and O–H groups in total. The molecule has 1 atom stereocenters. The van der Waals surface area contributed by atoms with Gasteiger partial charge in [0.05, 0.1) is 0 Å². The molecule has 0 fully saturated rings. The fourth-order valence-electron chi connectivity index (χ4n) is 1.99. The van der Waals surface area contributed by atoms with Gasteiger partial charge in [-0.25, -0.2) is 0 Å². The first-order chi connectivity index (χ1) is 9.26. The van der Waals surface area contributed by atoms with E-state index < -0.39 is 0 Å². The molecule has 1 unspecified atom stereocenters. The lowest BCUT2D eigenvalue weighted by molar-refractivity contribution is 0.306. The molecule has 0 spiro atoms. The summed E-state index contributed by atoms with van der Waals surface area (Å²) in [5, 5.41) is 3.44. The van der Waals surface area contributed by atoms with Gasteiger partial charge in [0.15, 0.2) is 0 Å². The van der Waals surface area contributed by atoms with Gasteiger partial charge < -0.3 is 10.1 Å². The van der Waals surface area contributed by atoms with Gasteiger partial charge in [0, 0.05) is 16.9 Å². The molecule has 0 radical (unpaired) electrons. The van der Waals surface area contributed by atoms with Crippen molar-refractivity contribution >= 4 is 27.5 Å². The minimum atomic E-state index is 0.690. The Kier molecular flexibility index (Phi) is 9.31. The number of nitrogens with one attached hydrogen (secondary N) is 1. The highest BCUT2D eigenvalue weighted by Crippen LogP contribution is 2.15. The smallest absolute Gasteiger partial charge is 0.119 e. The average Bonchev–Trinajstić information content (AvgIpc) is 2.41. The van der Waals surface area contributed by atoms with E-state index in [4.69, 9.17) is 16.3 Å². The topological polar surface area (TPSA) is 21.3 Å². The summed E-state index contributed by atoms with van der Waals surface area (Å²) in [6.45, 7) is 4.82. The number of hydrogen-bond acceptors (Lipinski definition) is 2. The number of ether oxygens (including phenoxy) is 1. The molecule has 0 aliphatic heterocycles. The first-order valence-corrected chi connectivity index (χ1v) is 8.24. The van der Waals surface area contributed by atoms with Crippen molar-refractivity contribution in [2.24, 2.45) is 5.92 Å². The average molecular weight is 349 g/mol. The summed E-state index contributed by atoms with van der Waals surface area (Å²) in [5.74, 6) is 2.35. The van der Waals surface area contributed by atoms with Crippen LogP contribution in [0.3, 0.4) is 0 Å². The van der Waals surface area contributed by atoms with Gasteiger partial charge in [0.2, 0.25) is 0 Å². The fourth-order valence-corrected chi connectivity index (χ4v) is 2.56. The summed E-state index contributed by atoms with van der Waals surface area (Å²) in [7, 11) is 0. The van der Waals surface area contributed by atoms with Gasteiger partial charge in [0.25, 0.3) is 0 Å². The zero-order valence-corrected chi connectivity index (χ0v) is 13.8. The molecular weight excluding hydrogens is 326 g/mol. The van der Waals surface area contributed by atoms with Crippen LogP contribution < -0.4 is 10.1 Å². The standard InChI is InChI=1S/C15H23BrClNO/c1-2-3-13(8-9-17)12-18-10-11-19-15-6-4-14(16)5-7-15/h4-7,13,18H,2-3,8-12H2,1H3. The van der Waals surface area contributed by atoms with Crippen LogP contribution in [0.4, 0.5) is 0 Å². The van der Waals surface area contributed by atoms with Crippen LogP contribution in [0.15, 0.2) is 28.7 Å². The van der Waals surface area contributed by atoms with Gasteiger partial charge in [-0.05, 0) is 49.6 Å². The van der Waals surface area contributed by atoms with Gasteiger partial charge in [-0.15, -0.1) is 11.6 Å². The molecular formula is C15H23BrClNO. The van der Waals surface area contributed by atoms with Crippen LogP contribution in [-0.4, -0.2) is 25.6 Å². The summed E-state index contributed by atoms with van der Waals surface area (Å²) < 4.78 is 6.72. The first kappa shape index (κ1) is 16.8. The molecule has 19 heavy (non-hydrogen) atoms. The second-order valence-electron chi connectivity index (χ2n) is 4.64. The maximum Gasteiger partial charge on any atom is 0.119 e. The number of hydrogen-bond donors (Lipinski definition) is 1. The van der Waals surface area contributed by atoms with Crippen LogP contribution in [0.1, 0.15) is 26.2 Å². The molecule has 0 heterocycles. The van der Waals surface area contributed by atoms with Crippen LogP contribution in [0.5, 0.6) is 5.75 Å². The third-order valence-corrected chi connectivity index (χ3v) is 3.76. The molecule has 108 valence electrons. The predicted octanol–water partition coefficient (Wildman–Crippen LogP) is 4.46. The second kappa shape index (κ2) is 10.5. The summed E-state index contributed by atoms with van der Waals surface area (Å²) in [6, 6.07) is 7.91. The Balaban J connectivity index is 2.11. The maximum atomic E-state index is 5.81. The van der Waals surface area contributed by atoms with E-state index in [0.29, 0.717) is 12.5 Å². The summed E-state index contributed by atoms with van der Waals surface area (Å²) >= 11 is 9.21. The van der Waals surface area contributed by atoms with Crippen molar-refractivity contribution in [2.75, 3.05) is 25.6 Å². The Morgan fingerprint density at radius 3 is 2.63 bits per heavy atom. The zero-order valence-electron chi connectivity index (χ0n) is 11.5. The number of alkyl halides is 1. The Hall–Kier alpha value is -0.250. The largest absolute Gasteiger partial charge is 0.492 e. The van der Waals surface area contributed by atoms with E-state index in [1.54, 1.807) is 0 Å². The van der Waals surface area contributed by atoms with Crippen LogP contribution in [0.25, 0.3) is 0 Å². The summed E-state index contributed by atoms with van der Waals surface area (Å²) in [5.41, 5.74) is 0. The van der Waals surface area contributed by atoms with Crippen molar-refractivity contribution in [2.45, 2.75) is 26.2 Å². The van der Waals surface area contributed by atoms with E-state index in [0.717, 1.165) is 35.6 Å². The van der Waals surface area contributed by atoms with Crippen LogP contribution in [0.2, 0.25) is 0 Å². The molecule has 0 bridgehead atoms. The lowest BCUT2D eigenvalue weighted by Crippen LogP contribution is -2.27. The van der Waals surface area contributed by atoms with Crippen molar-refractivity contribution in [3.63, 3.8) is 0 Å². The first-order valence-electron chi connectivity index (χ1n) is 6.91. The monoisotopic (exact) mass is 347 g/mol. The number of halogens is 2. The predicted molar refractivity (Wildman–Crippen MR) is 86.2 cm³/mol. The molecule has 0 saturated heterocycles. The van der Waals surface area contributed by atoms with Crippen LogP contribution in [0, 0.1) is 5.92 Å². The summed E-state index contributed by atoms with van der Waals surface area (Å²) in [6.07, 6.45) is 3.56. The van der Waals surface area contributed by atoms with E-state index >= 15 is 0 Å². The van der Waals surface area contributed by atoms with Crippen LogP contribution >= 0.6 is 27.5 Å². The highest BCUT2D eigenvalue weighted by molar-refractivity contribution is 9.10. The minimum absolute atomic E-state index is 0.690. The van der Waals surface area contributed by atoms with Crippen molar-refractivity contribution < 1.29 is 4.74 Å². The molecule has 0 aliphatic carbocycles. The van der Waals surface area contributed by atoms with Gasteiger partial charge in [0.1, 0.15) is 12.4 Å². The van der Waals surface area contributed by atoms with E-state index in [1.165, 1.54) is 12.8 Å². The van der Waals surface area contributed by atoms with Crippen LogP contribution in [-0.2, 0) is 0 Å². The Morgan fingerprint density at radius 2 is 2.00 bits per heavy atom. The quantitative estimate of drug-likeness (QED) is 0.498. The number of rotatable bonds is 10. The van der Waals surface area contributed by atoms with E-state index in [1.807, 2.05) is 24.3 Å². The minimum Gasteiger partial charge on any atom is -0.492 e. The highest BCUT2D eigenvalue weighted by Gasteiger charge is 2.06. The summed E-state index contributed by atoms with van der Waals surface area (Å²) in [4.78, 5) is 0. The Morgan fingerprint density at radius 1 is 1.26 bits per heavy atom. The number of benzene rings is 1. The highest BCUT2D eigenvalue weighted by atomic mass is 79.9. The molecule has 4 heteroatoms. The maximum absolute atomic E-state index is 5.81. The molecule has 1 rings (SSSR count). The molecule has 1 aromatic carbocycles. The Labute approximate surface area is 130 Å². The van der Waals surface area contributed by atoms with Gasteiger partial charge in [-0.1, -0.05) is 29.3 Å². The van der Waals surface area contributed by atoms with E-state index in [9.17, 15) is 0 Å². The van der Waals surface area contributed by atoms with Gasteiger partial charge in [-0.2, -0.15) is 0 Å². The van der Waals surface area contributed by atoms with Crippen molar-refractivity contribution in [3.8, 4) is 5.75 Å². The zero-order chi connectivity index (χ0) is 13.9. The van der Waals surface area contributed by atoms with Crippen molar-refractivity contribution in [3.05, 3.63) is 28.7 Å². The van der Waals surface area contributed by atoms with Gasteiger partial charge >= 0.3 is 0 Å². The lowest BCUT2D eigenvalue weighted by atomic mass is 10.0. The normalized spacial score (nSPS) is 12.4. The molecule has 0 aromatic heterocycles. The SMILES string of the molecule is CCCC(CCCl)CNCCOc1ccc(Br)cc1.